The number of carbonyl (C=O) groups is 1. The van der Waals surface area contributed by atoms with Crippen molar-refractivity contribution in [1.29, 1.82) is 0 Å². The van der Waals surface area contributed by atoms with Crippen molar-refractivity contribution < 1.29 is 4.79 Å². The van der Waals surface area contributed by atoms with Gasteiger partial charge in [-0.15, -0.1) is 0 Å². The van der Waals surface area contributed by atoms with Gasteiger partial charge < -0.3 is 15.2 Å². The second-order valence-electron chi connectivity index (χ2n) is 4.81. The zero-order valence-corrected chi connectivity index (χ0v) is 12.2. The van der Waals surface area contributed by atoms with Gasteiger partial charge in [0.25, 0.3) is 0 Å². The van der Waals surface area contributed by atoms with Gasteiger partial charge in [-0.2, -0.15) is 0 Å². The first kappa shape index (κ1) is 12.7. The van der Waals surface area contributed by atoms with Crippen molar-refractivity contribution in [2.45, 2.75) is 6.42 Å². The maximum absolute atomic E-state index is 11.7. The Bertz CT molecular complexity index is 608. The number of rotatable bonds is 3. The molecule has 0 bridgehead atoms. The first-order chi connectivity index (χ1) is 9.24. The Morgan fingerprint density at radius 3 is 3.11 bits per heavy atom. The van der Waals surface area contributed by atoms with Crippen molar-refractivity contribution in [3.8, 4) is 0 Å². The Kier molecular flexibility index (Phi) is 3.57. The summed E-state index contributed by atoms with van der Waals surface area (Å²) in [6.07, 6.45) is 2.94. The summed E-state index contributed by atoms with van der Waals surface area (Å²) in [7, 11) is 0. The van der Waals surface area contributed by atoms with Crippen LogP contribution in [0.2, 0.25) is 0 Å². The van der Waals surface area contributed by atoms with Gasteiger partial charge in [-0.1, -0.05) is 22.0 Å². The summed E-state index contributed by atoms with van der Waals surface area (Å²) in [5.74, 6) is 0.203. The van der Waals surface area contributed by atoms with Crippen LogP contribution in [0.4, 0.5) is 0 Å². The molecule has 0 unspecified atom stereocenters. The van der Waals surface area contributed by atoms with Crippen LogP contribution in [0.5, 0.6) is 0 Å². The fraction of sp³-hybridized carbons (Fsp3) is 0.357. The third kappa shape index (κ3) is 2.67. The van der Waals surface area contributed by atoms with E-state index in [1.165, 1.54) is 10.9 Å². The lowest BCUT2D eigenvalue weighted by Gasteiger charge is -2.27. The lowest BCUT2D eigenvalue weighted by Crippen LogP contribution is -2.48. The third-order valence-electron chi connectivity index (χ3n) is 3.57. The van der Waals surface area contributed by atoms with Gasteiger partial charge in [-0.05, 0) is 24.1 Å². The van der Waals surface area contributed by atoms with Crippen LogP contribution in [0.3, 0.4) is 0 Å². The average molecular weight is 322 g/mol. The maximum Gasteiger partial charge on any atom is 0.236 e. The minimum Gasteiger partial charge on any atom is -0.361 e. The number of aromatic nitrogens is 1. The smallest absolute Gasteiger partial charge is 0.236 e. The quantitative estimate of drug-likeness (QED) is 0.907. The van der Waals surface area contributed by atoms with Crippen LogP contribution in [0.25, 0.3) is 10.9 Å². The highest BCUT2D eigenvalue weighted by Gasteiger charge is 2.17. The molecule has 1 aromatic heterocycles. The van der Waals surface area contributed by atoms with Crippen molar-refractivity contribution >= 4 is 32.7 Å². The highest BCUT2D eigenvalue weighted by molar-refractivity contribution is 9.10. The van der Waals surface area contributed by atoms with Gasteiger partial charge in [0.1, 0.15) is 0 Å². The summed E-state index contributed by atoms with van der Waals surface area (Å²) in [5, 5.41) is 4.33. The molecule has 3 rings (SSSR count). The molecule has 5 heteroatoms. The summed E-state index contributed by atoms with van der Waals surface area (Å²) in [4.78, 5) is 16.9. The molecular formula is C14H16BrN3O. The molecule has 0 saturated carbocycles. The molecule has 2 N–H and O–H groups in total. The molecule has 0 radical (unpaired) electrons. The van der Waals surface area contributed by atoms with E-state index in [-0.39, 0.29) is 5.91 Å². The first-order valence-corrected chi connectivity index (χ1v) is 7.27. The molecule has 100 valence electrons. The van der Waals surface area contributed by atoms with E-state index in [9.17, 15) is 4.79 Å². The molecule has 0 spiro atoms. The lowest BCUT2D eigenvalue weighted by atomic mass is 10.1. The van der Waals surface area contributed by atoms with E-state index in [1.807, 2.05) is 11.1 Å². The van der Waals surface area contributed by atoms with Crippen molar-refractivity contribution in [2.24, 2.45) is 0 Å². The number of hydrogen-bond acceptors (Lipinski definition) is 2. The Balaban J connectivity index is 1.73. The highest BCUT2D eigenvalue weighted by Crippen LogP contribution is 2.22. The van der Waals surface area contributed by atoms with E-state index in [0.717, 1.165) is 36.0 Å². The van der Waals surface area contributed by atoms with Gasteiger partial charge in [0.2, 0.25) is 5.91 Å². The minimum atomic E-state index is 0.203. The van der Waals surface area contributed by atoms with Crippen molar-refractivity contribution in [1.82, 2.24) is 15.2 Å². The molecule has 1 aliphatic rings. The predicted octanol–water partition coefficient (Wildman–Crippen LogP) is 1.90. The molecule has 1 aliphatic heterocycles. The zero-order valence-electron chi connectivity index (χ0n) is 10.6. The number of benzene rings is 1. The molecule has 1 fully saturated rings. The SMILES string of the molecule is O=C1CNCCN1CCc1c[nH]c2cc(Br)ccc12. The second kappa shape index (κ2) is 5.35. The molecule has 4 nitrogen and oxygen atoms in total. The van der Waals surface area contributed by atoms with Crippen LogP contribution in [-0.2, 0) is 11.2 Å². The van der Waals surface area contributed by atoms with E-state index in [4.69, 9.17) is 0 Å². The van der Waals surface area contributed by atoms with Crippen molar-refractivity contribution in [2.75, 3.05) is 26.2 Å². The van der Waals surface area contributed by atoms with Gasteiger partial charge in [0.15, 0.2) is 0 Å². The molecule has 2 aromatic rings. The lowest BCUT2D eigenvalue weighted by molar-refractivity contribution is -0.131. The average Bonchev–Trinajstić information content (AvgIpc) is 2.80. The van der Waals surface area contributed by atoms with Gasteiger partial charge in [-0.3, -0.25) is 4.79 Å². The number of fused-ring (bicyclic) bond motifs is 1. The predicted molar refractivity (Wildman–Crippen MR) is 79.2 cm³/mol. The number of hydrogen-bond donors (Lipinski definition) is 2. The molecular weight excluding hydrogens is 306 g/mol. The van der Waals surface area contributed by atoms with Crippen LogP contribution in [-0.4, -0.2) is 42.0 Å². The third-order valence-corrected chi connectivity index (χ3v) is 4.06. The molecule has 2 heterocycles. The second-order valence-corrected chi connectivity index (χ2v) is 5.73. The van der Waals surface area contributed by atoms with Crippen molar-refractivity contribution in [3.05, 3.63) is 34.4 Å². The topological polar surface area (TPSA) is 48.1 Å². The molecule has 1 saturated heterocycles. The number of nitrogens with zero attached hydrogens (tertiary/aromatic N) is 1. The fourth-order valence-electron chi connectivity index (χ4n) is 2.50. The van der Waals surface area contributed by atoms with Crippen LogP contribution in [0, 0.1) is 0 Å². The normalized spacial score (nSPS) is 16.3. The molecule has 19 heavy (non-hydrogen) atoms. The molecule has 0 atom stereocenters. The Morgan fingerprint density at radius 2 is 2.26 bits per heavy atom. The monoisotopic (exact) mass is 321 g/mol. The van der Waals surface area contributed by atoms with Crippen LogP contribution in [0.1, 0.15) is 5.56 Å². The largest absolute Gasteiger partial charge is 0.361 e. The van der Waals surface area contributed by atoms with Gasteiger partial charge >= 0.3 is 0 Å². The van der Waals surface area contributed by atoms with Gasteiger partial charge in [-0.25, -0.2) is 0 Å². The number of amides is 1. The van der Waals surface area contributed by atoms with Crippen LogP contribution in [0.15, 0.2) is 28.9 Å². The maximum atomic E-state index is 11.7. The molecule has 1 amide bonds. The van der Waals surface area contributed by atoms with Gasteiger partial charge in [0.05, 0.1) is 6.54 Å². The van der Waals surface area contributed by atoms with E-state index >= 15 is 0 Å². The van der Waals surface area contributed by atoms with E-state index in [1.54, 1.807) is 0 Å². The fourth-order valence-corrected chi connectivity index (χ4v) is 2.86. The zero-order chi connectivity index (χ0) is 13.2. The van der Waals surface area contributed by atoms with Crippen molar-refractivity contribution in [3.63, 3.8) is 0 Å². The number of nitrogens with one attached hydrogen (secondary N) is 2. The van der Waals surface area contributed by atoms with E-state index in [2.05, 4.69) is 44.4 Å². The summed E-state index contributed by atoms with van der Waals surface area (Å²) < 4.78 is 1.07. The number of carbonyl (C=O) groups excluding carboxylic acids is 1. The van der Waals surface area contributed by atoms with Crippen LogP contribution >= 0.6 is 15.9 Å². The van der Waals surface area contributed by atoms with E-state index in [0.29, 0.717) is 6.54 Å². The number of piperazine rings is 1. The summed E-state index contributed by atoms with van der Waals surface area (Å²) in [5.41, 5.74) is 2.41. The number of halogens is 1. The summed E-state index contributed by atoms with van der Waals surface area (Å²) in [6, 6.07) is 6.25. The molecule has 1 aromatic carbocycles. The minimum absolute atomic E-state index is 0.203. The number of H-pyrrole nitrogens is 1. The first-order valence-electron chi connectivity index (χ1n) is 6.48. The summed E-state index contributed by atoms with van der Waals surface area (Å²) in [6.45, 7) is 2.98. The number of aromatic amines is 1. The summed E-state index contributed by atoms with van der Waals surface area (Å²) >= 11 is 3.47. The Labute approximate surface area is 120 Å². The standard InChI is InChI=1S/C14H16BrN3O/c15-11-1-2-12-10(8-17-13(12)7-11)3-5-18-6-4-16-9-14(18)19/h1-2,7-8,16-17H,3-6,9H2. The van der Waals surface area contributed by atoms with Gasteiger partial charge in [0, 0.05) is 41.2 Å². The highest BCUT2D eigenvalue weighted by atomic mass is 79.9. The Hall–Kier alpha value is -1.33. The van der Waals surface area contributed by atoms with E-state index < -0.39 is 0 Å². The van der Waals surface area contributed by atoms with Crippen LogP contribution < -0.4 is 5.32 Å². The Morgan fingerprint density at radius 1 is 1.37 bits per heavy atom. The molecule has 0 aliphatic carbocycles.